The minimum absolute atomic E-state index is 0. The Labute approximate surface area is 219 Å². The molecule has 1 unspecified atom stereocenters. The Hall–Kier alpha value is -3.17. The summed E-state index contributed by atoms with van der Waals surface area (Å²) in [5.41, 5.74) is 1.65. The Kier molecular flexibility index (Phi) is 6.61. The molecule has 0 saturated carbocycles. The number of nitrogens with one attached hydrogen (secondary N) is 1. The fourth-order valence-electron chi connectivity index (χ4n) is 5.87. The van der Waals surface area contributed by atoms with Crippen molar-refractivity contribution in [3.8, 4) is 11.5 Å². The highest BCUT2D eigenvalue weighted by molar-refractivity contribution is 5.90. The number of quaternary nitrogens is 1. The molecule has 0 aliphatic carbocycles. The van der Waals surface area contributed by atoms with Crippen molar-refractivity contribution < 1.29 is 45.1 Å². The van der Waals surface area contributed by atoms with E-state index in [-0.39, 0.29) is 35.0 Å². The summed E-state index contributed by atoms with van der Waals surface area (Å²) >= 11 is 0. The molecule has 3 saturated heterocycles. The van der Waals surface area contributed by atoms with E-state index in [9.17, 15) is 9.59 Å². The number of piperidine rings is 3. The summed E-state index contributed by atoms with van der Waals surface area (Å²) in [5.74, 6) is 1.88. The Morgan fingerprint density at radius 1 is 1.06 bits per heavy atom. The van der Waals surface area contributed by atoms with Crippen LogP contribution in [-0.2, 0) is 14.3 Å². The number of rotatable bonds is 5. The number of anilines is 1. The van der Waals surface area contributed by atoms with Gasteiger partial charge < -0.3 is 40.8 Å². The van der Waals surface area contributed by atoms with Crippen LogP contribution in [0, 0.1) is 12.8 Å². The molecule has 0 radical (unpaired) electrons. The third-order valence-electron chi connectivity index (χ3n) is 7.60. The summed E-state index contributed by atoms with van der Waals surface area (Å²) in [6.45, 7) is 4.58. The van der Waals surface area contributed by atoms with Crippen molar-refractivity contribution in [3.63, 3.8) is 0 Å². The lowest BCUT2D eigenvalue weighted by atomic mass is 9.82. The average Bonchev–Trinajstić information content (AvgIpc) is 3.26. The maximum absolute atomic E-state index is 13.7. The summed E-state index contributed by atoms with van der Waals surface area (Å²) in [4.78, 5) is 26.4. The summed E-state index contributed by atoms with van der Waals surface area (Å²) in [6.07, 6.45) is 1.67. The first kappa shape index (κ1) is 24.5. The monoisotopic (exact) mass is 553 g/mol. The molecule has 36 heavy (non-hydrogen) atoms. The van der Waals surface area contributed by atoms with E-state index < -0.39 is 5.92 Å². The number of amides is 1. The van der Waals surface area contributed by atoms with Gasteiger partial charge in [0.1, 0.15) is 29.7 Å². The highest BCUT2D eigenvalue weighted by atomic mass is 79.9. The molecule has 5 heterocycles. The third kappa shape index (κ3) is 4.53. The van der Waals surface area contributed by atoms with Gasteiger partial charge in [-0.2, -0.15) is 0 Å². The van der Waals surface area contributed by atoms with Crippen molar-refractivity contribution in [1.29, 1.82) is 0 Å². The van der Waals surface area contributed by atoms with E-state index in [2.05, 4.69) is 10.5 Å². The van der Waals surface area contributed by atoms with Crippen LogP contribution < -0.4 is 27.0 Å². The number of carbonyl (C=O) groups is 2. The third-order valence-corrected chi connectivity index (χ3v) is 7.60. The maximum Gasteiger partial charge on any atom is 0.318 e. The summed E-state index contributed by atoms with van der Waals surface area (Å²) < 4.78 is 17.9. The van der Waals surface area contributed by atoms with Crippen LogP contribution >= 0.6 is 0 Å². The molecule has 1 N–H and O–H groups in total. The molecule has 1 atom stereocenters. The second-order valence-electron chi connectivity index (χ2n) is 9.92. The number of benzene rings is 2. The first-order chi connectivity index (χ1) is 17.0. The number of hydrogen-bond donors (Lipinski definition) is 1. The fourth-order valence-corrected chi connectivity index (χ4v) is 5.87. The molecule has 9 heteroatoms. The predicted molar refractivity (Wildman–Crippen MR) is 127 cm³/mol. The van der Waals surface area contributed by atoms with Gasteiger partial charge in [0.15, 0.2) is 18.5 Å². The smallest absolute Gasteiger partial charge is 0.318 e. The van der Waals surface area contributed by atoms with Gasteiger partial charge in [0.25, 0.3) is 5.91 Å². The van der Waals surface area contributed by atoms with Crippen LogP contribution in [0.1, 0.15) is 35.6 Å². The first-order valence-electron chi connectivity index (χ1n) is 12.1. The Balaban J connectivity index is 0.00000267. The molecule has 1 amide bonds. The van der Waals surface area contributed by atoms with E-state index in [1.807, 2.05) is 48.5 Å². The van der Waals surface area contributed by atoms with Crippen LogP contribution in [0.3, 0.4) is 0 Å². The molecular formula is C27H28BrN3O5. The number of fused-ring (bicyclic) bond motifs is 5. The Morgan fingerprint density at radius 3 is 2.31 bits per heavy atom. The molecule has 1 aromatic heterocycles. The Morgan fingerprint density at radius 2 is 1.69 bits per heavy atom. The van der Waals surface area contributed by atoms with Gasteiger partial charge in [0.2, 0.25) is 0 Å². The second kappa shape index (κ2) is 9.71. The number of hydrogen-bond acceptors (Lipinski definition) is 6. The minimum atomic E-state index is -0.529. The molecule has 2 bridgehead atoms. The van der Waals surface area contributed by atoms with Crippen LogP contribution in [0.25, 0.3) is 0 Å². The number of esters is 1. The van der Waals surface area contributed by atoms with E-state index in [0.717, 1.165) is 37.1 Å². The van der Waals surface area contributed by atoms with Gasteiger partial charge >= 0.3 is 5.97 Å². The number of halogens is 1. The highest BCUT2D eigenvalue weighted by Gasteiger charge is 2.49. The molecule has 188 valence electrons. The van der Waals surface area contributed by atoms with Crippen LogP contribution in [0.2, 0.25) is 0 Å². The van der Waals surface area contributed by atoms with E-state index in [0.29, 0.717) is 46.6 Å². The van der Waals surface area contributed by atoms with Gasteiger partial charge in [0.05, 0.1) is 13.1 Å². The molecule has 0 spiro atoms. The van der Waals surface area contributed by atoms with E-state index in [1.165, 1.54) is 0 Å². The first-order valence-corrected chi connectivity index (χ1v) is 12.1. The van der Waals surface area contributed by atoms with Crippen LogP contribution in [0.5, 0.6) is 11.5 Å². The van der Waals surface area contributed by atoms with Crippen LogP contribution in [0.15, 0.2) is 59.1 Å². The second-order valence-corrected chi connectivity index (χ2v) is 9.92. The lowest BCUT2D eigenvalue weighted by molar-refractivity contribution is -0.938. The SMILES string of the molecule is Cc1cc(NC(=O)C[N+]23CCC(CC2)C(OC(=O)C2c4ccccc4Oc4ccccc42)C3)no1.[Br-]. The van der Waals surface area contributed by atoms with E-state index in [1.54, 1.807) is 13.0 Å². The number of para-hydroxylation sites is 2. The van der Waals surface area contributed by atoms with Crippen molar-refractivity contribution >= 4 is 17.7 Å². The number of carbonyl (C=O) groups excluding carboxylic acids is 2. The van der Waals surface area contributed by atoms with Gasteiger partial charge in [-0.1, -0.05) is 41.6 Å². The molecular weight excluding hydrogens is 526 g/mol. The molecule has 3 fully saturated rings. The normalized spacial score (nSPS) is 24.0. The van der Waals surface area contributed by atoms with Crippen molar-refractivity contribution in [3.05, 3.63) is 71.5 Å². The predicted octanol–water partition coefficient (Wildman–Crippen LogP) is 1.02. The van der Waals surface area contributed by atoms with Crippen molar-refractivity contribution in [1.82, 2.24) is 5.16 Å². The number of ether oxygens (including phenoxy) is 2. The maximum atomic E-state index is 13.7. The van der Waals surface area contributed by atoms with E-state index in [4.69, 9.17) is 14.0 Å². The zero-order valence-electron chi connectivity index (χ0n) is 20.0. The molecule has 3 aromatic rings. The van der Waals surface area contributed by atoms with Gasteiger partial charge in [0, 0.05) is 36.0 Å². The fraction of sp³-hybridized carbons (Fsp3) is 0.370. The standard InChI is InChI=1S/C27H27N3O5.BrH/c1-17-14-24(29-35-17)28-25(31)16-30-12-10-18(11-13-30)23(15-30)34-27(32)26-19-6-2-4-8-21(19)33-22-9-5-3-7-20(22)26;/h2-9,14,18,23,26H,10-13,15-16H2,1H3;1H. The number of aryl methyl sites for hydroxylation is 1. The van der Waals surface area contributed by atoms with Gasteiger partial charge in [-0.25, -0.2) is 0 Å². The largest absolute Gasteiger partial charge is 1.00 e. The number of nitrogens with zero attached hydrogens (tertiary/aromatic N) is 2. The molecule has 4 aliphatic heterocycles. The van der Waals surface area contributed by atoms with E-state index >= 15 is 0 Å². The van der Waals surface area contributed by atoms with Crippen molar-refractivity contribution in [2.75, 3.05) is 31.5 Å². The van der Waals surface area contributed by atoms with Gasteiger partial charge in [-0.3, -0.25) is 9.59 Å². The lowest BCUT2D eigenvalue weighted by Crippen LogP contribution is -3.00. The molecule has 7 rings (SSSR count). The zero-order chi connectivity index (χ0) is 24.0. The summed E-state index contributed by atoms with van der Waals surface area (Å²) in [7, 11) is 0. The highest BCUT2D eigenvalue weighted by Crippen LogP contribution is 2.45. The lowest BCUT2D eigenvalue weighted by Gasteiger charge is -2.51. The quantitative estimate of drug-likeness (QED) is 0.374. The molecule has 8 nitrogen and oxygen atoms in total. The van der Waals surface area contributed by atoms with Crippen LogP contribution in [-0.4, -0.2) is 53.8 Å². The molecule has 2 aromatic carbocycles. The van der Waals surface area contributed by atoms with Crippen molar-refractivity contribution in [2.24, 2.45) is 5.92 Å². The summed E-state index contributed by atoms with van der Waals surface area (Å²) in [5, 5.41) is 6.69. The number of aromatic nitrogens is 1. The Bertz CT molecular complexity index is 1240. The van der Waals surface area contributed by atoms with Gasteiger partial charge in [-0.15, -0.1) is 0 Å². The summed E-state index contributed by atoms with van der Waals surface area (Å²) in [6, 6.07) is 17.0. The van der Waals surface area contributed by atoms with Crippen LogP contribution in [0.4, 0.5) is 5.82 Å². The van der Waals surface area contributed by atoms with Gasteiger partial charge in [-0.05, 0) is 19.1 Å². The average molecular weight is 554 g/mol. The minimum Gasteiger partial charge on any atom is -1.00 e. The zero-order valence-corrected chi connectivity index (χ0v) is 21.6. The van der Waals surface area contributed by atoms with Crippen molar-refractivity contribution in [2.45, 2.75) is 31.8 Å². The topological polar surface area (TPSA) is 90.7 Å². The molecule has 4 aliphatic rings.